The summed E-state index contributed by atoms with van der Waals surface area (Å²) in [6.45, 7) is 5.61. The molecule has 3 atom stereocenters. The van der Waals surface area contributed by atoms with Crippen molar-refractivity contribution in [1.29, 1.82) is 0 Å². The first-order valence-electron chi connectivity index (χ1n) is 8.84. The van der Waals surface area contributed by atoms with Gasteiger partial charge < -0.3 is 15.4 Å². The van der Waals surface area contributed by atoms with Crippen LogP contribution in [0, 0.1) is 11.8 Å². The zero-order chi connectivity index (χ0) is 17.1. The van der Waals surface area contributed by atoms with Gasteiger partial charge >= 0.3 is 0 Å². The molecule has 0 radical (unpaired) electrons. The van der Waals surface area contributed by atoms with Gasteiger partial charge in [-0.05, 0) is 42.9 Å². The molecule has 3 unspecified atom stereocenters. The van der Waals surface area contributed by atoms with E-state index in [1.807, 2.05) is 24.3 Å². The van der Waals surface area contributed by atoms with E-state index in [-0.39, 0.29) is 29.8 Å². The number of amides is 2. The molecule has 0 spiro atoms. The lowest BCUT2D eigenvalue weighted by molar-refractivity contribution is -0.125. The SMILES string of the molecule is CC(C)c1ccc(NC(=O)C2CC2C(=O)NCC2CCCO2)cc1. The van der Waals surface area contributed by atoms with Crippen LogP contribution in [0.25, 0.3) is 0 Å². The van der Waals surface area contributed by atoms with Crippen LogP contribution in [-0.4, -0.2) is 31.1 Å². The maximum Gasteiger partial charge on any atom is 0.228 e. The molecule has 1 aromatic carbocycles. The van der Waals surface area contributed by atoms with Crippen LogP contribution in [0.5, 0.6) is 0 Å². The van der Waals surface area contributed by atoms with Crippen molar-refractivity contribution in [2.75, 3.05) is 18.5 Å². The molecule has 1 heterocycles. The van der Waals surface area contributed by atoms with Crippen molar-refractivity contribution in [1.82, 2.24) is 5.32 Å². The minimum Gasteiger partial charge on any atom is -0.376 e. The molecular weight excluding hydrogens is 304 g/mol. The third-order valence-corrected chi connectivity index (χ3v) is 4.84. The van der Waals surface area contributed by atoms with E-state index in [0.717, 1.165) is 25.1 Å². The Balaban J connectivity index is 1.44. The van der Waals surface area contributed by atoms with E-state index in [4.69, 9.17) is 4.74 Å². The van der Waals surface area contributed by atoms with Gasteiger partial charge in [0.25, 0.3) is 0 Å². The summed E-state index contributed by atoms with van der Waals surface area (Å²) < 4.78 is 5.49. The number of carbonyl (C=O) groups is 2. The predicted octanol–water partition coefficient (Wildman–Crippen LogP) is 2.68. The van der Waals surface area contributed by atoms with Gasteiger partial charge in [-0.1, -0.05) is 26.0 Å². The number of rotatable bonds is 6. The molecule has 3 rings (SSSR count). The molecule has 5 nitrogen and oxygen atoms in total. The van der Waals surface area contributed by atoms with Crippen molar-refractivity contribution in [3.8, 4) is 0 Å². The van der Waals surface area contributed by atoms with Gasteiger partial charge in [-0.2, -0.15) is 0 Å². The molecule has 24 heavy (non-hydrogen) atoms. The fourth-order valence-electron chi connectivity index (χ4n) is 3.11. The lowest BCUT2D eigenvalue weighted by atomic mass is 10.0. The Kier molecular flexibility index (Phi) is 5.19. The Hall–Kier alpha value is -1.88. The third-order valence-electron chi connectivity index (χ3n) is 4.84. The molecule has 2 amide bonds. The molecule has 1 aromatic rings. The zero-order valence-electron chi connectivity index (χ0n) is 14.4. The molecule has 1 aliphatic carbocycles. The average Bonchev–Trinajstić information content (AvgIpc) is 3.21. The zero-order valence-corrected chi connectivity index (χ0v) is 14.4. The maximum atomic E-state index is 12.3. The van der Waals surface area contributed by atoms with Crippen molar-refractivity contribution in [2.24, 2.45) is 11.8 Å². The summed E-state index contributed by atoms with van der Waals surface area (Å²) in [7, 11) is 0. The summed E-state index contributed by atoms with van der Waals surface area (Å²) in [6, 6.07) is 7.89. The summed E-state index contributed by atoms with van der Waals surface area (Å²) >= 11 is 0. The van der Waals surface area contributed by atoms with E-state index in [1.54, 1.807) is 0 Å². The highest BCUT2D eigenvalue weighted by Crippen LogP contribution is 2.39. The highest BCUT2D eigenvalue weighted by atomic mass is 16.5. The van der Waals surface area contributed by atoms with Crippen LogP contribution < -0.4 is 10.6 Å². The van der Waals surface area contributed by atoms with Gasteiger partial charge in [-0.25, -0.2) is 0 Å². The van der Waals surface area contributed by atoms with Crippen LogP contribution >= 0.6 is 0 Å². The number of hydrogen-bond acceptors (Lipinski definition) is 3. The molecule has 2 fully saturated rings. The first-order valence-corrected chi connectivity index (χ1v) is 8.84. The fourth-order valence-corrected chi connectivity index (χ4v) is 3.11. The molecule has 0 aromatic heterocycles. The first kappa shape index (κ1) is 17.0. The van der Waals surface area contributed by atoms with Crippen LogP contribution in [-0.2, 0) is 14.3 Å². The minimum absolute atomic E-state index is 0.0270. The molecule has 1 saturated heterocycles. The van der Waals surface area contributed by atoms with Crippen molar-refractivity contribution < 1.29 is 14.3 Å². The highest BCUT2D eigenvalue weighted by Gasteiger charge is 2.48. The lowest BCUT2D eigenvalue weighted by Gasteiger charge is -2.11. The van der Waals surface area contributed by atoms with Crippen LogP contribution in [0.15, 0.2) is 24.3 Å². The Morgan fingerprint density at radius 1 is 1.17 bits per heavy atom. The molecule has 5 heteroatoms. The van der Waals surface area contributed by atoms with E-state index in [9.17, 15) is 9.59 Å². The number of hydrogen-bond donors (Lipinski definition) is 2. The summed E-state index contributed by atoms with van der Waals surface area (Å²) in [5, 5.41) is 5.82. The second-order valence-corrected chi connectivity index (χ2v) is 7.09. The monoisotopic (exact) mass is 330 g/mol. The van der Waals surface area contributed by atoms with Crippen LogP contribution in [0.1, 0.15) is 44.6 Å². The Morgan fingerprint density at radius 3 is 2.50 bits per heavy atom. The quantitative estimate of drug-likeness (QED) is 0.843. The van der Waals surface area contributed by atoms with Crippen molar-refractivity contribution in [2.45, 2.75) is 45.1 Å². The van der Waals surface area contributed by atoms with Gasteiger partial charge in [0.2, 0.25) is 11.8 Å². The van der Waals surface area contributed by atoms with Crippen LogP contribution in [0.4, 0.5) is 5.69 Å². The number of benzene rings is 1. The van der Waals surface area contributed by atoms with Crippen LogP contribution in [0.3, 0.4) is 0 Å². The largest absolute Gasteiger partial charge is 0.376 e. The van der Waals surface area contributed by atoms with Crippen molar-refractivity contribution in [3.05, 3.63) is 29.8 Å². The molecular formula is C19H26N2O3. The van der Waals surface area contributed by atoms with Gasteiger partial charge in [0.15, 0.2) is 0 Å². The minimum atomic E-state index is -0.209. The van der Waals surface area contributed by atoms with Crippen LogP contribution in [0.2, 0.25) is 0 Å². The Bertz CT molecular complexity index is 591. The van der Waals surface area contributed by atoms with Gasteiger partial charge in [0.1, 0.15) is 0 Å². The van der Waals surface area contributed by atoms with Gasteiger partial charge in [-0.3, -0.25) is 9.59 Å². The summed E-state index contributed by atoms with van der Waals surface area (Å²) in [5.74, 6) is -0.0268. The number of carbonyl (C=O) groups excluding carboxylic acids is 2. The lowest BCUT2D eigenvalue weighted by Crippen LogP contribution is -2.33. The Morgan fingerprint density at radius 2 is 1.88 bits per heavy atom. The molecule has 0 bridgehead atoms. The van der Waals surface area contributed by atoms with Gasteiger partial charge in [-0.15, -0.1) is 0 Å². The number of nitrogens with one attached hydrogen (secondary N) is 2. The second-order valence-electron chi connectivity index (χ2n) is 7.09. The number of anilines is 1. The summed E-state index contributed by atoms with van der Waals surface area (Å²) in [4.78, 5) is 24.4. The van der Waals surface area contributed by atoms with Gasteiger partial charge in [0, 0.05) is 18.8 Å². The van der Waals surface area contributed by atoms with Crippen molar-refractivity contribution >= 4 is 17.5 Å². The highest BCUT2D eigenvalue weighted by molar-refractivity contribution is 5.99. The van der Waals surface area contributed by atoms with E-state index >= 15 is 0 Å². The molecule has 1 saturated carbocycles. The molecule has 1 aliphatic heterocycles. The Labute approximate surface area is 143 Å². The first-order chi connectivity index (χ1) is 11.5. The smallest absolute Gasteiger partial charge is 0.228 e. The number of ether oxygens (including phenoxy) is 1. The fraction of sp³-hybridized carbons (Fsp3) is 0.579. The standard InChI is InChI=1S/C19H26N2O3/c1-12(2)13-5-7-14(8-6-13)21-19(23)17-10-16(17)18(22)20-11-15-4-3-9-24-15/h5-8,12,15-17H,3-4,9-11H2,1-2H3,(H,20,22)(H,21,23). The molecule has 2 N–H and O–H groups in total. The topological polar surface area (TPSA) is 67.4 Å². The van der Waals surface area contributed by atoms with E-state index < -0.39 is 0 Å². The maximum absolute atomic E-state index is 12.3. The van der Waals surface area contributed by atoms with E-state index in [0.29, 0.717) is 18.9 Å². The van der Waals surface area contributed by atoms with Gasteiger partial charge in [0.05, 0.1) is 17.9 Å². The molecule has 2 aliphatic rings. The normalized spacial score (nSPS) is 25.5. The summed E-state index contributed by atoms with van der Waals surface area (Å²) in [6.07, 6.45) is 2.83. The summed E-state index contributed by atoms with van der Waals surface area (Å²) in [5.41, 5.74) is 2.03. The third kappa shape index (κ3) is 4.15. The predicted molar refractivity (Wildman–Crippen MR) is 92.7 cm³/mol. The van der Waals surface area contributed by atoms with Crippen molar-refractivity contribution in [3.63, 3.8) is 0 Å². The molecule has 130 valence electrons. The average molecular weight is 330 g/mol. The van der Waals surface area contributed by atoms with E-state index in [2.05, 4.69) is 24.5 Å². The second kappa shape index (κ2) is 7.34. The van der Waals surface area contributed by atoms with E-state index in [1.165, 1.54) is 5.56 Å².